The Morgan fingerprint density at radius 3 is 2.76 bits per heavy atom. The Morgan fingerprint density at radius 2 is 2.08 bits per heavy atom. The maximum atomic E-state index is 12.6. The van der Waals surface area contributed by atoms with Gasteiger partial charge in [0.1, 0.15) is 0 Å². The van der Waals surface area contributed by atoms with Gasteiger partial charge in [-0.25, -0.2) is 0 Å². The molecule has 6 heteroatoms. The van der Waals surface area contributed by atoms with E-state index in [1.807, 2.05) is 17.2 Å². The van der Waals surface area contributed by atoms with Crippen LogP contribution in [0.3, 0.4) is 0 Å². The highest BCUT2D eigenvalue weighted by Crippen LogP contribution is 2.14. The first-order valence-corrected chi connectivity index (χ1v) is 9.36. The fourth-order valence-corrected chi connectivity index (χ4v) is 3.56. The lowest BCUT2D eigenvalue weighted by atomic mass is 10.1. The van der Waals surface area contributed by atoms with Crippen molar-refractivity contribution in [3.63, 3.8) is 0 Å². The monoisotopic (exact) mass is 346 g/mol. The maximum absolute atomic E-state index is 12.6. The molecular weight excluding hydrogens is 316 g/mol. The Labute approximate surface area is 150 Å². The van der Waals surface area contributed by atoms with Crippen LogP contribution in [0.4, 0.5) is 0 Å². The van der Waals surface area contributed by atoms with Gasteiger partial charge in [0, 0.05) is 64.2 Å². The van der Waals surface area contributed by atoms with E-state index in [0.29, 0.717) is 12.5 Å². The van der Waals surface area contributed by atoms with E-state index in [-0.39, 0.29) is 12.0 Å². The molecule has 0 N–H and O–H groups in total. The first-order valence-electron chi connectivity index (χ1n) is 9.36. The van der Waals surface area contributed by atoms with Crippen molar-refractivity contribution in [3.05, 3.63) is 30.1 Å². The molecule has 2 aliphatic rings. The number of carbonyl (C=O) groups excluding carboxylic acids is 1. The molecule has 0 saturated carbocycles. The lowest BCUT2D eigenvalue weighted by molar-refractivity contribution is -0.138. The highest BCUT2D eigenvalue weighted by molar-refractivity contribution is 5.76. The van der Waals surface area contributed by atoms with Gasteiger partial charge in [-0.15, -0.1) is 0 Å². The van der Waals surface area contributed by atoms with Crippen molar-refractivity contribution in [1.82, 2.24) is 19.7 Å². The molecule has 1 atom stereocenters. The number of nitrogens with zero attached hydrogens (tertiary/aromatic N) is 4. The van der Waals surface area contributed by atoms with Gasteiger partial charge in [0.2, 0.25) is 5.91 Å². The van der Waals surface area contributed by atoms with E-state index in [1.165, 1.54) is 5.56 Å². The van der Waals surface area contributed by atoms with Crippen LogP contribution in [0.2, 0.25) is 0 Å². The lowest BCUT2D eigenvalue weighted by Crippen LogP contribution is -2.51. The van der Waals surface area contributed by atoms with Crippen LogP contribution < -0.4 is 0 Å². The average Bonchev–Trinajstić information content (AvgIpc) is 2.63. The molecule has 2 aliphatic heterocycles. The van der Waals surface area contributed by atoms with E-state index in [1.54, 1.807) is 6.20 Å². The molecule has 3 heterocycles. The normalized spacial score (nSPS) is 23.2. The van der Waals surface area contributed by atoms with Gasteiger partial charge in [0.15, 0.2) is 0 Å². The molecule has 0 unspecified atom stereocenters. The molecule has 138 valence electrons. The molecule has 25 heavy (non-hydrogen) atoms. The van der Waals surface area contributed by atoms with Gasteiger partial charge in [-0.05, 0) is 25.5 Å². The summed E-state index contributed by atoms with van der Waals surface area (Å²) in [6.07, 6.45) is 4.26. The van der Waals surface area contributed by atoms with E-state index in [0.717, 1.165) is 52.4 Å². The van der Waals surface area contributed by atoms with Crippen LogP contribution in [0.5, 0.6) is 0 Å². The molecule has 3 rings (SSSR count). The second kappa shape index (κ2) is 8.74. The van der Waals surface area contributed by atoms with Crippen LogP contribution in [-0.2, 0) is 16.1 Å². The molecule has 1 aromatic heterocycles. The molecule has 2 fully saturated rings. The quantitative estimate of drug-likeness (QED) is 0.802. The van der Waals surface area contributed by atoms with E-state index >= 15 is 0 Å². The number of hydrogen-bond acceptors (Lipinski definition) is 5. The van der Waals surface area contributed by atoms with Crippen molar-refractivity contribution in [2.45, 2.75) is 39.0 Å². The maximum Gasteiger partial charge on any atom is 0.225 e. The van der Waals surface area contributed by atoms with Crippen molar-refractivity contribution in [3.8, 4) is 0 Å². The molecule has 0 aliphatic carbocycles. The fourth-order valence-electron chi connectivity index (χ4n) is 3.56. The second-order valence-electron chi connectivity index (χ2n) is 7.30. The summed E-state index contributed by atoms with van der Waals surface area (Å²) in [6.45, 7) is 11.3. The van der Waals surface area contributed by atoms with Gasteiger partial charge in [0.05, 0.1) is 19.1 Å². The van der Waals surface area contributed by atoms with Gasteiger partial charge in [-0.1, -0.05) is 6.07 Å². The molecule has 2 saturated heterocycles. The number of amides is 1. The first-order chi connectivity index (χ1) is 12.1. The van der Waals surface area contributed by atoms with Crippen molar-refractivity contribution in [1.29, 1.82) is 0 Å². The Morgan fingerprint density at radius 1 is 1.28 bits per heavy atom. The Balaban J connectivity index is 1.42. The predicted molar refractivity (Wildman–Crippen MR) is 97.2 cm³/mol. The van der Waals surface area contributed by atoms with Crippen molar-refractivity contribution in [2.75, 3.05) is 45.9 Å². The summed E-state index contributed by atoms with van der Waals surface area (Å²) in [5.74, 6) is 0.233. The molecule has 0 aromatic carbocycles. The smallest absolute Gasteiger partial charge is 0.225 e. The van der Waals surface area contributed by atoms with E-state index in [9.17, 15) is 4.79 Å². The number of hydrogen-bond donors (Lipinski definition) is 0. The minimum Gasteiger partial charge on any atom is -0.375 e. The summed E-state index contributed by atoms with van der Waals surface area (Å²) in [6, 6.07) is 4.59. The molecule has 1 aromatic rings. The minimum atomic E-state index is 0.0390. The van der Waals surface area contributed by atoms with Crippen molar-refractivity contribution in [2.24, 2.45) is 0 Å². The number of pyridine rings is 1. The highest BCUT2D eigenvalue weighted by Gasteiger charge is 2.27. The number of morpholine rings is 1. The zero-order valence-corrected chi connectivity index (χ0v) is 15.4. The summed E-state index contributed by atoms with van der Waals surface area (Å²) in [4.78, 5) is 23.6. The predicted octanol–water partition coefficient (Wildman–Crippen LogP) is 1.23. The fraction of sp³-hybridized carbons (Fsp3) is 0.684. The zero-order valence-electron chi connectivity index (χ0n) is 15.4. The van der Waals surface area contributed by atoms with Crippen LogP contribution in [-0.4, -0.2) is 83.6 Å². The standard InChI is InChI=1S/C19H30N4O2/c1-16(2)23-10-11-25-18(15-23)12-19(24)22-8-6-21(7-9-22)14-17-4-3-5-20-13-17/h3-5,13,16,18H,6-12,14-15H2,1-2H3/t18-/m0/s1. The first kappa shape index (κ1) is 18.3. The number of piperazine rings is 1. The minimum absolute atomic E-state index is 0.0390. The van der Waals surface area contributed by atoms with Crippen LogP contribution in [0.1, 0.15) is 25.8 Å². The summed E-state index contributed by atoms with van der Waals surface area (Å²) in [7, 11) is 0. The summed E-state index contributed by atoms with van der Waals surface area (Å²) < 4.78 is 5.81. The Bertz CT molecular complexity index is 544. The SMILES string of the molecule is CC(C)N1CCO[C@@H](CC(=O)N2CCN(Cc3cccnc3)CC2)C1. The van der Waals surface area contributed by atoms with Crippen molar-refractivity contribution >= 4 is 5.91 Å². The van der Waals surface area contributed by atoms with Crippen LogP contribution >= 0.6 is 0 Å². The largest absolute Gasteiger partial charge is 0.375 e. The van der Waals surface area contributed by atoms with Gasteiger partial charge in [-0.2, -0.15) is 0 Å². The molecule has 0 radical (unpaired) electrons. The molecular formula is C19H30N4O2. The molecule has 6 nitrogen and oxygen atoms in total. The van der Waals surface area contributed by atoms with E-state index in [2.05, 4.69) is 34.7 Å². The van der Waals surface area contributed by atoms with Crippen LogP contribution in [0.25, 0.3) is 0 Å². The Hall–Kier alpha value is -1.50. The zero-order chi connectivity index (χ0) is 17.6. The molecule has 0 bridgehead atoms. The number of carbonyl (C=O) groups is 1. The number of ether oxygens (including phenoxy) is 1. The average molecular weight is 346 g/mol. The highest BCUT2D eigenvalue weighted by atomic mass is 16.5. The number of aromatic nitrogens is 1. The third-order valence-corrected chi connectivity index (χ3v) is 5.16. The van der Waals surface area contributed by atoms with Gasteiger partial charge in [-0.3, -0.25) is 19.6 Å². The third-order valence-electron chi connectivity index (χ3n) is 5.16. The van der Waals surface area contributed by atoms with E-state index < -0.39 is 0 Å². The summed E-state index contributed by atoms with van der Waals surface area (Å²) >= 11 is 0. The third kappa shape index (κ3) is 5.23. The molecule has 1 amide bonds. The molecule has 0 spiro atoms. The lowest BCUT2D eigenvalue weighted by Gasteiger charge is -2.38. The van der Waals surface area contributed by atoms with Crippen LogP contribution in [0, 0.1) is 0 Å². The van der Waals surface area contributed by atoms with Gasteiger partial charge >= 0.3 is 0 Å². The second-order valence-corrected chi connectivity index (χ2v) is 7.30. The Kier molecular flexibility index (Phi) is 6.39. The van der Waals surface area contributed by atoms with Gasteiger partial charge < -0.3 is 9.64 Å². The summed E-state index contributed by atoms with van der Waals surface area (Å²) in [5.41, 5.74) is 1.23. The van der Waals surface area contributed by atoms with Crippen LogP contribution in [0.15, 0.2) is 24.5 Å². The van der Waals surface area contributed by atoms with Crippen molar-refractivity contribution < 1.29 is 9.53 Å². The number of rotatable bonds is 5. The van der Waals surface area contributed by atoms with Gasteiger partial charge in [0.25, 0.3) is 0 Å². The summed E-state index contributed by atoms with van der Waals surface area (Å²) in [5, 5.41) is 0. The topological polar surface area (TPSA) is 48.9 Å². The van der Waals surface area contributed by atoms with E-state index in [4.69, 9.17) is 4.74 Å².